The largest absolute Gasteiger partial charge is 0.500 e. The minimum atomic E-state index is -1.05. The Kier molecular flexibility index (Phi) is 5.83. The van der Waals surface area contributed by atoms with Crippen molar-refractivity contribution < 1.29 is 19.4 Å². The first-order chi connectivity index (χ1) is 13.1. The smallest absolute Gasteiger partial charge is 0.339 e. The van der Waals surface area contributed by atoms with Gasteiger partial charge in [0.05, 0.1) is 18.2 Å². The minimum absolute atomic E-state index is 0.115. The molecule has 3 rings (SSSR count). The van der Waals surface area contributed by atoms with Crippen LogP contribution in [0, 0.1) is 0 Å². The molecule has 27 heavy (non-hydrogen) atoms. The molecule has 0 aliphatic rings. The molecule has 2 aromatic heterocycles. The number of carboxylic acid groups (broad SMARTS) is 1. The maximum absolute atomic E-state index is 11.7. The third-order valence-corrected chi connectivity index (χ3v) is 4.74. The molecular formula is C20H18N2O4S. The lowest BCUT2D eigenvalue weighted by molar-refractivity contribution is -0.130. The molecule has 1 aromatic carbocycles. The number of pyridine rings is 1. The summed E-state index contributed by atoms with van der Waals surface area (Å²) in [5.74, 6) is -0.242. The topological polar surface area (TPSA) is 81.5 Å². The lowest BCUT2D eigenvalue weighted by Gasteiger charge is -2.12. The SMILES string of the molecule is COC(C)=C(C(=O)O)c1ccccc1COc1csc(-c2ccccn2)n1. The number of methoxy groups -OCH3 is 1. The van der Waals surface area contributed by atoms with Crippen molar-refractivity contribution >= 4 is 22.9 Å². The maximum Gasteiger partial charge on any atom is 0.339 e. The van der Waals surface area contributed by atoms with E-state index >= 15 is 0 Å². The van der Waals surface area contributed by atoms with E-state index in [1.165, 1.54) is 18.4 Å². The van der Waals surface area contributed by atoms with Crippen molar-refractivity contribution in [2.45, 2.75) is 13.5 Å². The van der Waals surface area contributed by atoms with Crippen molar-refractivity contribution in [2.75, 3.05) is 7.11 Å². The van der Waals surface area contributed by atoms with Gasteiger partial charge in [-0.3, -0.25) is 4.98 Å². The molecule has 0 saturated heterocycles. The highest BCUT2D eigenvalue weighted by Crippen LogP contribution is 2.28. The zero-order valence-corrected chi connectivity index (χ0v) is 15.7. The average molecular weight is 382 g/mol. The van der Waals surface area contributed by atoms with Gasteiger partial charge < -0.3 is 14.6 Å². The number of hydrogen-bond donors (Lipinski definition) is 1. The molecule has 3 aromatic rings. The Hall–Kier alpha value is -3.19. The van der Waals surface area contributed by atoms with Crippen molar-refractivity contribution in [2.24, 2.45) is 0 Å². The van der Waals surface area contributed by atoms with E-state index < -0.39 is 5.97 Å². The summed E-state index contributed by atoms with van der Waals surface area (Å²) in [4.78, 5) is 20.4. The highest BCUT2D eigenvalue weighted by Gasteiger charge is 2.19. The fraction of sp³-hybridized carbons (Fsp3) is 0.150. The van der Waals surface area contributed by atoms with Crippen molar-refractivity contribution in [1.29, 1.82) is 0 Å². The standard InChI is InChI=1S/C20H18N2O4S/c1-13(25-2)18(20(23)24)15-8-4-3-7-14(15)11-26-17-12-27-19(22-17)16-9-5-6-10-21-16/h3-10,12H,11H2,1-2H3,(H,23,24). The molecule has 0 atom stereocenters. The van der Waals surface area contributed by atoms with E-state index in [0.29, 0.717) is 17.2 Å². The van der Waals surface area contributed by atoms with E-state index in [4.69, 9.17) is 9.47 Å². The maximum atomic E-state index is 11.7. The van der Waals surface area contributed by atoms with Crippen LogP contribution in [0.25, 0.3) is 16.3 Å². The first-order valence-electron chi connectivity index (χ1n) is 8.16. The molecule has 6 nitrogen and oxygen atoms in total. The van der Waals surface area contributed by atoms with E-state index in [-0.39, 0.29) is 12.2 Å². The van der Waals surface area contributed by atoms with Crippen LogP contribution in [0.1, 0.15) is 18.1 Å². The highest BCUT2D eigenvalue weighted by atomic mass is 32.1. The van der Waals surface area contributed by atoms with Crippen LogP contribution >= 0.6 is 11.3 Å². The number of aliphatic carboxylic acids is 1. The summed E-state index contributed by atoms with van der Waals surface area (Å²) in [6.07, 6.45) is 1.71. The number of rotatable bonds is 7. The van der Waals surface area contributed by atoms with Crippen LogP contribution in [-0.2, 0) is 16.1 Å². The van der Waals surface area contributed by atoms with Gasteiger partial charge >= 0.3 is 5.97 Å². The van der Waals surface area contributed by atoms with Crippen LogP contribution in [0.5, 0.6) is 5.88 Å². The van der Waals surface area contributed by atoms with Gasteiger partial charge in [-0.1, -0.05) is 30.3 Å². The first kappa shape index (κ1) is 18.6. The third kappa shape index (κ3) is 4.32. The molecule has 0 saturated carbocycles. The Morgan fingerprint density at radius 2 is 1.96 bits per heavy atom. The second-order valence-electron chi connectivity index (χ2n) is 5.59. The summed E-state index contributed by atoms with van der Waals surface area (Å²) in [7, 11) is 1.45. The quantitative estimate of drug-likeness (QED) is 0.486. The molecule has 138 valence electrons. The second kappa shape index (κ2) is 8.46. The van der Waals surface area contributed by atoms with Gasteiger partial charge in [-0.15, -0.1) is 11.3 Å². The molecule has 0 aliphatic carbocycles. The molecule has 0 radical (unpaired) electrons. The number of nitrogens with zero attached hydrogens (tertiary/aromatic N) is 2. The molecule has 7 heteroatoms. The predicted octanol–water partition coefficient (Wildman–Crippen LogP) is 4.25. The number of hydrogen-bond acceptors (Lipinski definition) is 6. The minimum Gasteiger partial charge on any atom is -0.500 e. The average Bonchev–Trinajstić information content (AvgIpc) is 3.17. The number of benzene rings is 1. The molecule has 0 spiro atoms. The van der Waals surface area contributed by atoms with Crippen LogP contribution in [-0.4, -0.2) is 28.2 Å². The van der Waals surface area contributed by atoms with Crippen LogP contribution in [0.2, 0.25) is 0 Å². The highest BCUT2D eigenvalue weighted by molar-refractivity contribution is 7.13. The summed E-state index contributed by atoms with van der Waals surface area (Å²) in [5.41, 5.74) is 2.19. The number of allylic oxidation sites excluding steroid dienone is 1. The Bertz CT molecular complexity index is 967. The van der Waals surface area contributed by atoms with Crippen LogP contribution < -0.4 is 4.74 Å². The lowest BCUT2D eigenvalue weighted by Crippen LogP contribution is -2.08. The Balaban J connectivity index is 1.82. The van der Waals surface area contributed by atoms with Crippen molar-refractivity contribution in [1.82, 2.24) is 9.97 Å². The van der Waals surface area contributed by atoms with E-state index in [1.54, 1.807) is 30.6 Å². The van der Waals surface area contributed by atoms with E-state index in [2.05, 4.69) is 9.97 Å². The Morgan fingerprint density at radius 3 is 2.67 bits per heavy atom. The fourth-order valence-electron chi connectivity index (χ4n) is 2.53. The van der Waals surface area contributed by atoms with Gasteiger partial charge in [0.25, 0.3) is 0 Å². The van der Waals surface area contributed by atoms with Gasteiger partial charge in [0.2, 0.25) is 5.88 Å². The van der Waals surface area contributed by atoms with E-state index in [0.717, 1.165) is 16.3 Å². The molecule has 0 aliphatic heterocycles. The molecule has 0 fully saturated rings. The fourth-order valence-corrected chi connectivity index (χ4v) is 3.25. The van der Waals surface area contributed by atoms with Crippen LogP contribution in [0.4, 0.5) is 0 Å². The molecular weight excluding hydrogens is 364 g/mol. The third-order valence-electron chi connectivity index (χ3n) is 3.90. The summed E-state index contributed by atoms with van der Waals surface area (Å²) < 4.78 is 10.9. The van der Waals surface area contributed by atoms with Gasteiger partial charge in [-0.25, -0.2) is 9.78 Å². The van der Waals surface area contributed by atoms with Crippen LogP contribution in [0.15, 0.2) is 59.8 Å². The van der Waals surface area contributed by atoms with Gasteiger partial charge in [0, 0.05) is 6.20 Å². The zero-order valence-electron chi connectivity index (χ0n) is 14.9. The van der Waals surface area contributed by atoms with Gasteiger partial charge in [0.1, 0.15) is 22.9 Å². The van der Waals surface area contributed by atoms with Crippen molar-refractivity contribution in [3.8, 4) is 16.6 Å². The molecule has 0 unspecified atom stereocenters. The lowest BCUT2D eigenvalue weighted by atomic mass is 9.99. The van der Waals surface area contributed by atoms with Crippen LogP contribution in [0.3, 0.4) is 0 Å². The van der Waals surface area contributed by atoms with Crippen molar-refractivity contribution in [3.05, 3.63) is 70.9 Å². The number of thiazole rings is 1. The predicted molar refractivity (Wildman–Crippen MR) is 103 cm³/mol. The molecule has 1 N–H and O–H groups in total. The number of ether oxygens (including phenoxy) is 2. The number of aromatic nitrogens is 2. The summed E-state index contributed by atoms with van der Waals surface area (Å²) in [6.45, 7) is 1.82. The summed E-state index contributed by atoms with van der Waals surface area (Å²) >= 11 is 1.44. The molecule has 0 amide bonds. The van der Waals surface area contributed by atoms with E-state index in [1.807, 2.05) is 30.3 Å². The van der Waals surface area contributed by atoms with Gasteiger partial charge in [-0.2, -0.15) is 0 Å². The van der Waals surface area contributed by atoms with Gasteiger partial charge in [0.15, 0.2) is 0 Å². The van der Waals surface area contributed by atoms with E-state index in [9.17, 15) is 9.90 Å². The normalized spacial score (nSPS) is 11.6. The second-order valence-corrected chi connectivity index (χ2v) is 6.45. The molecule has 0 bridgehead atoms. The Morgan fingerprint density at radius 1 is 1.19 bits per heavy atom. The Labute approximate surface area is 160 Å². The van der Waals surface area contributed by atoms with Crippen molar-refractivity contribution in [3.63, 3.8) is 0 Å². The summed E-state index contributed by atoms with van der Waals surface area (Å²) in [5, 5.41) is 12.1. The number of carbonyl (C=O) groups is 1. The monoisotopic (exact) mass is 382 g/mol. The molecule has 2 heterocycles. The van der Waals surface area contributed by atoms with Gasteiger partial charge in [-0.05, 0) is 30.2 Å². The zero-order chi connectivity index (χ0) is 19.2. The first-order valence-corrected chi connectivity index (χ1v) is 9.04. The number of carboxylic acids is 1. The summed E-state index contributed by atoms with van der Waals surface area (Å²) in [6, 6.07) is 12.8.